The molecule has 5 rings (SSSR count). The molecule has 0 unspecified atom stereocenters. The molecule has 3 heterocycles. The summed E-state index contributed by atoms with van der Waals surface area (Å²) in [6.45, 7) is 3.34. The first-order valence-corrected chi connectivity index (χ1v) is 12.2. The SMILES string of the molecule is CCc1cc2c(=O)n(CC(C)=O)c(=O)n(Cc3ccc(-c4ccccc4-c4noc(=O)[nH]4)cc3)c2s1.[K]. The summed E-state index contributed by atoms with van der Waals surface area (Å²) in [7, 11) is 0. The molecule has 0 aliphatic heterocycles. The van der Waals surface area contributed by atoms with Crippen molar-refractivity contribution in [3.05, 3.63) is 96.4 Å². The van der Waals surface area contributed by atoms with Gasteiger partial charge in [0.15, 0.2) is 5.82 Å². The van der Waals surface area contributed by atoms with Gasteiger partial charge in [-0.2, -0.15) is 0 Å². The molecule has 0 fully saturated rings. The molecule has 3 aromatic heterocycles. The maximum atomic E-state index is 13.3. The van der Waals surface area contributed by atoms with Crippen LogP contribution in [0.5, 0.6) is 0 Å². The Morgan fingerprint density at radius 1 is 1.03 bits per heavy atom. The van der Waals surface area contributed by atoms with Gasteiger partial charge in [0.2, 0.25) is 0 Å². The topological polar surface area (TPSA) is 120 Å². The predicted molar refractivity (Wildman–Crippen MR) is 143 cm³/mol. The molecule has 0 bridgehead atoms. The maximum Gasteiger partial charge on any atom is 0.439 e. The van der Waals surface area contributed by atoms with Crippen molar-refractivity contribution in [2.75, 3.05) is 0 Å². The fourth-order valence-corrected chi connectivity index (χ4v) is 5.26. The predicted octanol–water partition coefficient (Wildman–Crippen LogP) is 3.05. The van der Waals surface area contributed by atoms with Crippen molar-refractivity contribution in [1.29, 1.82) is 0 Å². The Morgan fingerprint density at radius 2 is 1.73 bits per heavy atom. The number of nitrogens with zero attached hydrogens (tertiary/aromatic N) is 3. The van der Waals surface area contributed by atoms with Crippen LogP contribution in [0, 0.1) is 0 Å². The zero-order valence-electron chi connectivity index (χ0n) is 20.6. The number of fused-ring (bicyclic) bond motifs is 1. The number of ketones is 1. The number of carbonyl (C=O) groups excluding carboxylic acids is 1. The molecule has 9 nitrogen and oxygen atoms in total. The van der Waals surface area contributed by atoms with Gasteiger partial charge in [0.25, 0.3) is 5.56 Å². The van der Waals surface area contributed by atoms with Crippen LogP contribution in [-0.2, 0) is 24.3 Å². The number of nitrogens with one attached hydrogen (secondary N) is 1. The second-order valence-electron chi connectivity index (χ2n) is 8.43. The normalized spacial score (nSPS) is 11.0. The Bertz CT molecular complexity index is 1780. The molecule has 0 saturated heterocycles. The first-order chi connectivity index (χ1) is 17.4. The van der Waals surface area contributed by atoms with Gasteiger partial charge in [-0.25, -0.2) is 9.59 Å². The molecule has 0 aliphatic carbocycles. The van der Waals surface area contributed by atoms with Crippen molar-refractivity contribution < 1.29 is 9.32 Å². The molecule has 5 aromatic rings. The smallest absolute Gasteiger partial charge is 0.298 e. The van der Waals surface area contributed by atoms with Crippen molar-refractivity contribution in [1.82, 2.24) is 19.3 Å². The molecule has 0 amide bonds. The first-order valence-electron chi connectivity index (χ1n) is 11.4. The molecule has 183 valence electrons. The minimum Gasteiger partial charge on any atom is -0.298 e. The standard InChI is InChI=1S/C26H22N4O5S.K/c1-3-18-12-21-23(32)29(13-15(2)31)26(34)30(24(21)36-18)14-16-8-10-17(11-9-16)19-6-4-5-7-20(19)22-27-25(33)35-28-22;/h4-12H,3,13-14H2,1-2H3,(H,27,28,33);. The third kappa shape index (κ3) is 5.47. The van der Waals surface area contributed by atoms with Crippen LogP contribution < -0.4 is 17.0 Å². The van der Waals surface area contributed by atoms with E-state index < -0.39 is 17.0 Å². The fourth-order valence-electron chi connectivity index (χ4n) is 4.19. The summed E-state index contributed by atoms with van der Waals surface area (Å²) in [6.07, 6.45) is 0.741. The number of hydrogen-bond acceptors (Lipinski definition) is 7. The van der Waals surface area contributed by atoms with Gasteiger partial charge in [-0.15, -0.1) is 11.3 Å². The minimum absolute atomic E-state index is 0. The third-order valence-electron chi connectivity index (χ3n) is 5.90. The van der Waals surface area contributed by atoms with E-state index in [9.17, 15) is 19.2 Å². The van der Waals surface area contributed by atoms with Gasteiger partial charge in [-0.1, -0.05) is 60.6 Å². The minimum atomic E-state index is -0.627. The summed E-state index contributed by atoms with van der Waals surface area (Å²) < 4.78 is 7.23. The van der Waals surface area contributed by atoms with E-state index in [0.717, 1.165) is 38.1 Å². The summed E-state index contributed by atoms with van der Waals surface area (Å²) in [4.78, 5) is 53.6. The summed E-state index contributed by atoms with van der Waals surface area (Å²) >= 11 is 1.42. The Kier molecular flexibility index (Phi) is 8.41. The summed E-state index contributed by atoms with van der Waals surface area (Å²) in [5, 5.41) is 4.25. The number of aromatic nitrogens is 4. The second kappa shape index (κ2) is 11.4. The number of rotatable bonds is 7. The Labute approximate surface area is 257 Å². The molecular weight excluding hydrogens is 519 g/mol. The molecule has 0 aliphatic rings. The van der Waals surface area contributed by atoms with E-state index in [2.05, 4.69) is 14.7 Å². The van der Waals surface area contributed by atoms with Crippen molar-refractivity contribution in [3.63, 3.8) is 0 Å². The van der Waals surface area contributed by atoms with Gasteiger partial charge < -0.3 is 0 Å². The first kappa shape index (κ1) is 27.4. The summed E-state index contributed by atoms with van der Waals surface area (Å²) in [5.74, 6) is -0.550. The third-order valence-corrected chi connectivity index (χ3v) is 7.21. The number of thiophene rings is 1. The molecule has 0 spiro atoms. The molecule has 0 saturated carbocycles. The number of aromatic amines is 1. The number of Topliss-reactive ketones (excluding diaryl/α,β-unsaturated/α-hetero) is 1. The number of aryl methyl sites for hydroxylation is 1. The zero-order chi connectivity index (χ0) is 25.4. The van der Waals surface area contributed by atoms with Crippen LogP contribution in [0.1, 0.15) is 24.3 Å². The van der Waals surface area contributed by atoms with Gasteiger partial charge >= 0.3 is 11.4 Å². The van der Waals surface area contributed by atoms with E-state index in [1.54, 1.807) is 4.57 Å². The van der Waals surface area contributed by atoms with Crippen LogP contribution in [-0.4, -0.2) is 76.4 Å². The summed E-state index contributed by atoms with van der Waals surface area (Å²) in [6, 6.07) is 17.0. The molecule has 11 heteroatoms. The van der Waals surface area contributed by atoms with Crippen LogP contribution in [0.2, 0.25) is 0 Å². The van der Waals surface area contributed by atoms with Crippen LogP contribution in [0.4, 0.5) is 0 Å². The van der Waals surface area contributed by atoms with E-state index in [1.807, 2.05) is 61.5 Å². The van der Waals surface area contributed by atoms with Crippen LogP contribution in [0.3, 0.4) is 0 Å². The van der Waals surface area contributed by atoms with Crippen LogP contribution >= 0.6 is 11.3 Å². The molecule has 37 heavy (non-hydrogen) atoms. The average Bonchev–Trinajstić information content (AvgIpc) is 3.51. The van der Waals surface area contributed by atoms with E-state index in [1.165, 1.54) is 18.3 Å². The zero-order valence-corrected chi connectivity index (χ0v) is 24.5. The van der Waals surface area contributed by atoms with Gasteiger partial charge in [0.05, 0.1) is 18.5 Å². The molecule has 2 aromatic carbocycles. The van der Waals surface area contributed by atoms with Crippen molar-refractivity contribution in [2.24, 2.45) is 0 Å². The largest absolute Gasteiger partial charge is 0.439 e. The molecule has 1 N–H and O–H groups in total. The van der Waals surface area contributed by atoms with Crippen molar-refractivity contribution in [3.8, 4) is 22.5 Å². The number of H-pyrrole nitrogens is 1. The fraction of sp³-hybridized carbons (Fsp3) is 0.192. The average molecular weight is 542 g/mol. The van der Waals surface area contributed by atoms with Gasteiger partial charge in [-0.3, -0.25) is 28.2 Å². The molecule has 0 atom stereocenters. The van der Waals surface area contributed by atoms with E-state index in [0.29, 0.717) is 16.0 Å². The summed E-state index contributed by atoms with van der Waals surface area (Å²) in [5.41, 5.74) is 2.38. The number of carbonyl (C=O) groups is 1. The number of hydrogen-bond donors (Lipinski definition) is 1. The van der Waals surface area contributed by atoms with Gasteiger partial charge in [0.1, 0.15) is 10.6 Å². The molecular formula is C26H22KN4O5S. The van der Waals surface area contributed by atoms with E-state index in [4.69, 9.17) is 0 Å². The van der Waals surface area contributed by atoms with Crippen molar-refractivity contribution in [2.45, 2.75) is 33.4 Å². The second-order valence-corrected chi connectivity index (χ2v) is 9.55. The van der Waals surface area contributed by atoms with E-state index in [-0.39, 0.29) is 70.3 Å². The Morgan fingerprint density at radius 3 is 2.35 bits per heavy atom. The number of benzene rings is 2. The Hall–Kier alpha value is -2.67. The van der Waals surface area contributed by atoms with Crippen LogP contribution in [0.15, 0.2) is 73.5 Å². The Balaban J connectivity index is 0.00000320. The molecule has 1 radical (unpaired) electrons. The van der Waals surface area contributed by atoms with Crippen LogP contribution in [0.25, 0.3) is 32.7 Å². The quantitative estimate of drug-likeness (QED) is 0.316. The monoisotopic (exact) mass is 541 g/mol. The van der Waals surface area contributed by atoms with Crippen molar-refractivity contribution >= 4 is 78.7 Å². The van der Waals surface area contributed by atoms with Gasteiger partial charge in [-0.05, 0) is 36.1 Å². The van der Waals surface area contributed by atoms with Gasteiger partial charge in [0, 0.05) is 61.8 Å². The maximum absolute atomic E-state index is 13.3. The van der Waals surface area contributed by atoms with E-state index >= 15 is 0 Å².